The number of rotatable bonds is 4. The van der Waals surface area contributed by atoms with Crippen molar-refractivity contribution >= 4 is 17.4 Å². The van der Waals surface area contributed by atoms with Crippen LogP contribution in [0, 0.1) is 18.6 Å². The predicted molar refractivity (Wildman–Crippen MR) is 122 cm³/mol. The Kier molecular flexibility index (Phi) is 5.76. The number of carbonyl (C=O) groups excluding carboxylic acids is 1. The van der Waals surface area contributed by atoms with Gasteiger partial charge in [-0.15, -0.1) is 0 Å². The standard InChI is InChI=1S/C24H26F2N6O2/c1-16-13-27-31(14-16)22-12-21(28-20(15-33)29-22)30-9-7-24(8-10-30)6-2-3-23(34)32(24)17-4-5-18(25)19(26)11-17/h4-5,11-14,33H,2-3,6-10,15H2,1H3. The van der Waals surface area contributed by atoms with Crippen LogP contribution in [-0.4, -0.2) is 49.4 Å². The molecule has 0 aliphatic carbocycles. The van der Waals surface area contributed by atoms with Crippen molar-refractivity contribution in [3.8, 4) is 5.82 Å². The fourth-order valence-electron chi connectivity index (χ4n) is 5.08. The summed E-state index contributed by atoms with van der Waals surface area (Å²) in [6.07, 6.45) is 6.87. The van der Waals surface area contributed by atoms with E-state index in [0.29, 0.717) is 55.5 Å². The number of halogens is 2. The molecule has 3 aromatic rings. The molecule has 0 unspecified atom stereocenters. The number of aromatic nitrogens is 4. The van der Waals surface area contributed by atoms with E-state index in [9.17, 15) is 18.7 Å². The summed E-state index contributed by atoms with van der Waals surface area (Å²) in [5.41, 5.74) is 0.938. The van der Waals surface area contributed by atoms with Gasteiger partial charge < -0.3 is 14.9 Å². The maximum Gasteiger partial charge on any atom is 0.227 e. The zero-order valence-electron chi connectivity index (χ0n) is 18.9. The smallest absolute Gasteiger partial charge is 0.227 e. The van der Waals surface area contributed by atoms with Crippen LogP contribution in [0.25, 0.3) is 5.82 Å². The van der Waals surface area contributed by atoms with E-state index in [1.807, 2.05) is 19.2 Å². The number of benzene rings is 1. The van der Waals surface area contributed by atoms with E-state index in [0.717, 1.165) is 30.5 Å². The van der Waals surface area contributed by atoms with Crippen molar-refractivity contribution in [1.29, 1.82) is 0 Å². The summed E-state index contributed by atoms with van der Waals surface area (Å²) in [4.78, 5) is 25.6. The molecule has 178 valence electrons. The third kappa shape index (κ3) is 4.02. The van der Waals surface area contributed by atoms with E-state index in [4.69, 9.17) is 0 Å². The minimum absolute atomic E-state index is 0.0633. The fourth-order valence-corrected chi connectivity index (χ4v) is 5.08. The van der Waals surface area contributed by atoms with Gasteiger partial charge in [0.2, 0.25) is 5.91 Å². The van der Waals surface area contributed by atoms with Gasteiger partial charge in [0.05, 0.1) is 11.7 Å². The van der Waals surface area contributed by atoms with Gasteiger partial charge in [-0.3, -0.25) is 4.79 Å². The number of aryl methyl sites for hydroxylation is 1. The number of piperidine rings is 2. The zero-order chi connectivity index (χ0) is 23.9. The summed E-state index contributed by atoms with van der Waals surface area (Å²) in [5.74, 6) is -0.396. The molecule has 2 aliphatic rings. The molecule has 0 saturated carbocycles. The van der Waals surface area contributed by atoms with Crippen LogP contribution in [0.4, 0.5) is 20.3 Å². The first-order valence-electron chi connectivity index (χ1n) is 11.4. The van der Waals surface area contributed by atoms with Crippen molar-refractivity contribution < 1.29 is 18.7 Å². The van der Waals surface area contributed by atoms with Gasteiger partial charge >= 0.3 is 0 Å². The number of anilines is 2. The summed E-state index contributed by atoms with van der Waals surface area (Å²) < 4.78 is 29.2. The maximum atomic E-state index is 14.0. The Labute approximate surface area is 195 Å². The van der Waals surface area contributed by atoms with Crippen LogP contribution in [0.2, 0.25) is 0 Å². The van der Waals surface area contributed by atoms with E-state index in [1.54, 1.807) is 15.8 Å². The predicted octanol–water partition coefficient (Wildman–Crippen LogP) is 3.30. The lowest BCUT2D eigenvalue weighted by molar-refractivity contribution is -0.121. The normalized spacial score (nSPS) is 18.1. The summed E-state index contributed by atoms with van der Waals surface area (Å²) in [5, 5.41) is 14.0. The summed E-state index contributed by atoms with van der Waals surface area (Å²) in [6, 6.07) is 5.50. The molecule has 2 aromatic heterocycles. The van der Waals surface area contributed by atoms with Gasteiger partial charge in [-0.25, -0.2) is 23.4 Å². The Hall–Kier alpha value is -3.40. The Bertz CT molecular complexity index is 1220. The number of hydrogen-bond acceptors (Lipinski definition) is 6. The first kappa shape index (κ1) is 22.4. The second-order valence-corrected chi connectivity index (χ2v) is 9.01. The number of aliphatic hydroxyl groups is 1. The third-order valence-electron chi connectivity index (χ3n) is 6.77. The van der Waals surface area contributed by atoms with Crippen molar-refractivity contribution in [2.75, 3.05) is 22.9 Å². The maximum absolute atomic E-state index is 14.0. The largest absolute Gasteiger partial charge is 0.388 e. The first-order valence-corrected chi connectivity index (χ1v) is 11.4. The van der Waals surface area contributed by atoms with Crippen LogP contribution in [0.1, 0.15) is 43.5 Å². The highest BCUT2D eigenvalue weighted by molar-refractivity contribution is 5.95. The van der Waals surface area contributed by atoms with Crippen molar-refractivity contribution in [2.24, 2.45) is 0 Å². The lowest BCUT2D eigenvalue weighted by Gasteiger charge is -2.51. The average molecular weight is 469 g/mol. The van der Waals surface area contributed by atoms with Gasteiger partial charge in [-0.2, -0.15) is 5.10 Å². The summed E-state index contributed by atoms with van der Waals surface area (Å²) in [7, 11) is 0. The van der Waals surface area contributed by atoms with E-state index in [2.05, 4.69) is 20.0 Å². The molecule has 8 nitrogen and oxygen atoms in total. The number of hydrogen-bond donors (Lipinski definition) is 1. The minimum atomic E-state index is -0.956. The molecular weight excluding hydrogens is 442 g/mol. The molecule has 1 amide bonds. The molecule has 0 radical (unpaired) electrons. The van der Waals surface area contributed by atoms with Crippen LogP contribution >= 0.6 is 0 Å². The van der Waals surface area contributed by atoms with E-state index in [1.165, 1.54) is 6.07 Å². The topological polar surface area (TPSA) is 87.4 Å². The van der Waals surface area contributed by atoms with Crippen LogP contribution < -0.4 is 9.80 Å². The van der Waals surface area contributed by atoms with Crippen molar-refractivity contribution in [1.82, 2.24) is 19.7 Å². The van der Waals surface area contributed by atoms with E-state index < -0.39 is 17.2 Å². The first-order chi connectivity index (χ1) is 16.4. The molecular formula is C24H26F2N6O2. The average Bonchev–Trinajstić information content (AvgIpc) is 3.28. The minimum Gasteiger partial charge on any atom is -0.388 e. The number of aliphatic hydroxyl groups excluding tert-OH is 1. The summed E-state index contributed by atoms with van der Waals surface area (Å²) >= 11 is 0. The van der Waals surface area contributed by atoms with Crippen molar-refractivity contribution in [3.63, 3.8) is 0 Å². The molecule has 2 fully saturated rings. The molecule has 5 rings (SSSR count). The van der Waals surface area contributed by atoms with Gasteiger partial charge in [0.1, 0.15) is 12.4 Å². The second-order valence-electron chi connectivity index (χ2n) is 9.01. The molecule has 0 bridgehead atoms. The molecule has 4 heterocycles. The van der Waals surface area contributed by atoms with E-state index in [-0.39, 0.29) is 12.5 Å². The lowest BCUT2D eigenvalue weighted by Crippen LogP contribution is -2.60. The van der Waals surface area contributed by atoms with Crippen LogP contribution in [0.5, 0.6) is 0 Å². The van der Waals surface area contributed by atoms with Gasteiger partial charge in [0.25, 0.3) is 0 Å². The van der Waals surface area contributed by atoms with Crippen LogP contribution in [0.15, 0.2) is 36.7 Å². The molecule has 2 saturated heterocycles. The van der Waals surface area contributed by atoms with Gasteiger partial charge in [-0.05, 0) is 50.3 Å². The van der Waals surface area contributed by atoms with Crippen molar-refractivity contribution in [3.05, 3.63) is 59.7 Å². The van der Waals surface area contributed by atoms with Gasteiger partial charge in [0, 0.05) is 43.5 Å². The highest BCUT2D eigenvalue weighted by Crippen LogP contribution is 2.42. The summed E-state index contributed by atoms with van der Waals surface area (Å²) in [6.45, 7) is 2.88. The highest BCUT2D eigenvalue weighted by atomic mass is 19.2. The molecule has 0 atom stereocenters. The van der Waals surface area contributed by atoms with Crippen LogP contribution in [0.3, 0.4) is 0 Å². The van der Waals surface area contributed by atoms with Crippen molar-refractivity contribution in [2.45, 2.75) is 51.2 Å². The molecule has 1 N–H and O–H groups in total. The molecule has 10 heteroatoms. The molecule has 1 spiro atoms. The third-order valence-corrected chi connectivity index (χ3v) is 6.77. The Morgan fingerprint density at radius 1 is 1.06 bits per heavy atom. The molecule has 1 aromatic carbocycles. The second kappa shape index (κ2) is 8.75. The zero-order valence-corrected chi connectivity index (χ0v) is 18.9. The van der Waals surface area contributed by atoms with Gasteiger partial charge in [0.15, 0.2) is 23.3 Å². The molecule has 34 heavy (non-hydrogen) atoms. The number of nitrogens with zero attached hydrogens (tertiary/aromatic N) is 6. The van der Waals surface area contributed by atoms with Crippen LogP contribution in [-0.2, 0) is 11.4 Å². The highest BCUT2D eigenvalue weighted by Gasteiger charge is 2.45. The fraction of sp³-hybridized carbons (Fsp3) is 0.417. The number of amides is 1. The SMILES string of the molecule is Cc1cnn(-c2cc(N3CCC4(CCCC(=O)N4c4ccc(F)c(F)c4)CC3)nc(CO)n2)c1. The lowest BCUT2D eigenvalue weighted by atomic mass is 9.78. The molecule has 2 aliphatic heterocycles. The van der Waals surface area contributed by atoms with E-state index >= 15 is 0 Å². The Morgan fingerprint density at radius 3 is 2.50 bits per heavy atom. The monoisotopic (exact) mass is 468 g/mol. The number of carbonyl (C=O) groups is 1. The Morgan fingerprint density at radius 2 is 1.82 bits per heavy atom. The Balaban J connectivity index is 1.42. The quantitative estimate of drug-likeness (QED) is 0.632. The van der Waals surface area contributed by atoms with Gasteiger partial charge in [-0.1, -0.05) is 0 Å².